The Bertz CT molecular complexity index is 594. The molecule has 9 heteroatoms. The van der Waals surface area contributed by atoms with Crippen LogP contribution in [0.5, 0.6) is 0 Å². The Kier molecular flexibility index (Phi) is 3.48. The molecule has 0 bridgehead atoms. The van der Waals surface area contributed by atoms with E-state index in [2.05, 4.69) is 0 Å². The van der Waals surface area contributed by atoms with Crippen LogP contribution in [0.3, 0.4) is 0 Å². The number of nitrogens with zero attached hydrogens (tertiary/aromatic N) is 1. The summed E-state index contributed by atoms with van der Waals surface area (Å²) in [7, 11) is -3.96. The van der Waals surface area contributed by atoms with E-state index in [4.69, 9.17) is 10.9 Å². The van der Waals surface area contributed by atoms with Gasteiger partial charge in [-0.05, 0) is 0 Å². The Morgan fingerprint density at radius 2 is 2.26 bits per heavy atom. The van der Waals surface area contributed by atoms with Crippen LogP contribution in [0.2, 0.25) is 0 Å². The molecule has 0 aromatic carbocycles. The number of hydrogen-bond donors (Lipinski definition) is 3. The van der Waals surface area contributed by atoms with E-state index in [1.807, 2.05) is 0 Å². The van der Waals surface area contributed by atoms with Crippen LogP contribution >= 0.6 is 0 Å². The fourth-order valence-corrected chi connectivity index (χ4v) is 3.08. The summed E-state index contributed by atoms with van der Waals surface area (Å²) in [5.41, 5.74) is 4.91. The Balaban J connectivity index is 2.44. The van der Waals surface area contributed by atoms with Gasteiger partial charge in [-0.15, -0.1) is 0 Å². The average Bonchev–Trinajstić information content (AvgIpc) is 2.70. The molecular formula is C10H14BN3O4S. The second-order valence-corrected chi connectivity index (χ2v) is 6.19. The molecule has 0 aliphatic carbocycles. The normalized spacial score (nSPS) is 28.2. The molecular weight excluding hydrogens is 269 g/mol. The quantitative estimate of drug-likeness (QED) is 0.616. The summed E-state index contributed by atoms with van der Waals surface area (Å²) in [6.45, 7) is 1.38. The molecule has 102 valence electrons. The molecule has 1 saturated heterocycles. The summed E-state index contributed by atoms with van der Waals surface area (Å²) in [4.78, 5) is 11.4. The molecule has 7 nitrogen and oxygen atoms in total. The molecule has 19 heavy (non-hydrogen) atoms. The van der Waals surface area contributed by atoms with E-state index in [1.165, 1.54) is 0 Å². The first-order valence-electron chi connectivity index (χ1n) is 5.60. The first-order chi connectivity index (χ1) is 8.75. The number of aliphatic carboxylic acids is 1. The predicted molar refractivity (Wildman–Crippen MR) is 69.8 cm³/mol. The second kappa shape index (κ2) is 4.67. The Labute approximate surface area is 111 Å². The molecule has 1 aromatic rings. The molecule has 2 atom stereocenters. The van der Waals surface area contributed by atoms with E-state index in [0.717, 1.165) is 4.31 Å². The molecule has 2 heterocycles. The van der Waals surface area contributed by atoms with E-state index in [9.17, 15) is 18.3 Å². The zero-order valence-corrected chi connectivity index (χ0v) is 10.9. The SMILES string of the molecule is NC1(C(=O)O)CN(S(N)(=O)=O)CC1c1cbccc1. The van der Waals surface area contributed by atoms with Gasteiger partial charge in [0.2, 0.25) is 0 Å². The summed E-state index contributed by atoms with van der Waals surface area (Å²) in [6, 6.07) is 3.47. The summed E-state index contributed by atoms with van der Waals surface area (Å²) in [5.74, 6) is 1.63. The van der Waals surface area contributed by atoms with Crippen molar-refractivity contribution in [3.8, 4) is 0 Å². The van der Waals surface area contributed by atoms with Crippen LogP contribution in [-0.4, -0.2) is 49.3 Å². The molecule has 0 amide bonds. The molecule has 5 N–H and O–H groups in total. The fraction of sp³-hybridized carbons (Fsp3) is 0.400. The molecule has 2 unspecified atom stereocenters. The summed E-state index contributed by atoms with van der Waals surface area (Å²) < 4.78 is 23.7. The van der Waals surface area contributed by atoms with Gasteiger partial charge in [-0.1, -0.05) is 0 Å². The summed E-state index contributed by atoms with van der Waals surface area (Å²) in [6.07, 6.45) is 0. The maximum atomic E-state index is 11.4. The number of rotatable bonds is 3. The first-order valence-corrected chi connectivity index (χ1v) is 7.10. The van der Waals surface area contributed by atoms with Gasteiger partial charge in [-0.2, -0.15) is 0 Å². The van der Waals surface area contributed by atoms with E-state index in [0.29, 0.717) is 5.56 Å². The number of carboxylic acids is 1. The average molecular weight is 283 g/mol. The third kappa shape index (κ3) is 2.54. The van der Waals surface area contributed by atoms with Gasteiger partial charge in [0.05, 0.1) is 0 Å². The van der Waals surface area contributed by atoms with Gasteiger partial charge in [0.1, 0.15) is 0 Å². The Morgan fingerprint density at radius 3 is 2.74 bits per heavy atom. The van der Waals surface area contributed by atoms with Crippen molar-refractivity contribution in [2.75, 3.05) is 13.1 Å². The number of carboxylic acid groups (broad SMARTS) is 1. The molecule has 0 radical (unpaired) electrons. The zero-order valence-electron chi connectivity index (χ0n) is 10.1. The topological polar surface area (TPSA) is 127 Å². The molecule has 0 saturated carbocycles. The van der Waals surface area contributed by atoms with Crippen molar-refractivity contribution in [2.24, 2.45) is 10.9 Å². The second-order valence-electron chi connectivity index (χ2n) is 4.65. The summed E-state index contributed by atoms with van der Waals surface area (Å²) >= 11 is 0. The third-order valence-electron chi connectivity index (χ3n) is 3.41. The van der Waals surface area contributed by atoms with Crippen LogP contribution in [0, 0.1) is 0 Å². The van der Waals surface area contributed by atoms with Crippen molar-refractivity contribution in [2.45, 2.75) is 11.5 Å². The van der Waals surface area contributed by atoms with Gasteiger partial charge in [-0.3, -0.25) is 0 Å². The van der Waals surface area contributed by atoms with E-state index < -0.39 is 27.6 Å². The Morgan fingerprint density at radius 1 is 1.58 bits per heavy atom. The molecule has 1 aliphatic rings. The number of carbonyl (C=O) groups is 1. The molecule has 1 aromatic heterocycles. The van der Waals surface area contributed by atoms with Gasteiger partial charge in [0.15, 0.2) is 0 Å². The number of nitrogens with two attached hydrogens (primary N) is 2. The fourth-order valence-electron chi connectivity index (χ4n) is 2.33. The van der Waals surface area contributed by atoms with E-state index in [1.54, 1.807) is 31.0 Å². The predicted octanol–water partition coefficient (Wildman–Crippen LogP) is -1.59. The van der Waals surface area contributed by atoms with Gasteiger partial charge < -0.3 is 0 Å². The third-order valence-corrected chi connectivity index (χ3v) is 4.40. The van der Waals surface area contributed by atoms with E-state index >= 15 is 0 Å². The van der Waals surface area contributed by atoms with Crippen LogP contribution < -0.4 is 10.9 Å². The molecule has 2 rings (SSSR count). The van der Waals surface area contributed by atoms with Gasteiger partial charge in [0.25, 0.3) is 0 Å². The first kappa shape index (κ1) is 14.1. The zero-order chi connectivity index (χ0) is 14.3. The Hall–Kier alpha value is -1.29. The van der Waals surface area contributed by atoms with Crippen LogP contribution in [0.25, 0.3) is 0 Å². The van der Waals surface area contributed by atoms with Crippen molar-refractivity contribution < 1.29 is 18.3 Å². The standard InChI is InChI=1S/C10H14BN3O4S/c12-10(9(15)16)6-14(19(13,17)18)5-8(10)7-2-1-3-11-4-7/h1-4,8H,5-6,12H2,(H,15,16)(H2,13,17,18). The van der Waals surface area contributed by atoms with Crippen LogP contribution in [-0.2, 0) is 15.0 Å². The van der Waals surface area contributed by atoms with Gasteiger partial charge in [-0.25, -0.2) is 0 Å². The minimum absolute atomic E-state index is 0.0361. The van der Waals surface area contributed by atoms with Crippen molar-refractivity contribution in [1.82, 2.24) is 4.31 Å². The summed E-state index contributed by atoms with van der Waals surface area (Å²) in [5, 5.41) is 14.4. The van der Waals surface area contributed by atoms with Crippen LogP contribution in [0.1, 0.15) is 11.5 Å². The van der Waals surface area contributed by atoms with Gasteiger partial charge >= 0.3 is 111 Å². The van der Waals surface area contributed by atoms with Crippen molar-refractivity contribution >= 4 is 23.1 Å². The molecule has 0 spiro atoms. The monoisotopic (exact) mass is 283 g/mol. The van der Waals surface area contributed by atoms with Gasteiger partial charge in [0, 0.05) is 0 Å². The number of hydrogen-bond acceptors (Lipinski definition) is 4. The van der Waals surface area contributed by atoms with Crippen molar-refractivity contribution in [3.05, 3.63) is 29.6 Å². The minimum atomic E-state index is -3.96. The molecule has 1 aliphatic heterocycles. The van der Waals surface area contributed by atoms with Crippen molar-refractivity contribution in [1.29, 1.82) is 0 Å². The van der Waals surface area contributed by atoms with E-state index in [-0.39, 0.29) is 13.1 Å². The maximum absolute atomic E-state index is 11.4. The van der Waals surface area contributed by atoms with Crippen LogP contribution in [0.4, 0.5) is 0 Å². The molecule has 1 fully saturated rings. The van der Waals surface area contributed by atoms with Crippen molar-refractivity contribution in [3.63, 3.8) is 0 Å². The van der Waals surface area contributed by atoms with Crippen LogP contribution in [0.15, 0.2) is 24.1 Å².